The van der Waals surface area contributed by atoms with E-state index in [0.29, 0.717) is 37.4 Å². The zero-order valence-electron chi connectivity index (χ0n) is 17.8. The van der Waals surface area contributed by atoms with Gasteiger partial charge < -0.3 is 9.73 Å². The van der Waals surface area contributed by atoms with Crippen LogP contribution in [0.1, 0.15) is 12.8 Å². The van der Waals surface area contributed by atoms with Crippen LogP contribution in [0.3, 0.4) is 0 Å². The number of oxazole rings is 1. The molecule has 1 aliphatic heterocycles. The average Bonchev–Trinajstić information content (AvgIpc) is 3.39. The van der Waals surface area contributed by atoms with Gasteiger partial charge in [-0.3, -0.25) is 4.79 Å². The highest BCUT2D eigenvalue weighted by Crippen LogP contribution is 2.28. The Kier molecular flexibility index (Phi) is 5.70. The van der Waals surface area contributed by atoms with E-state index in [9.17, 15) is 13.2 Å². The van der Waals surface area contributed by atoms with Crippen molar-refractivity contribution in [1.29, 1.82) is 0 Å². The molecule has 0 bridgehead atoms. The first-order valence-electron chi connectivity index (χ1n) is 10.8. The van der Waals surface area contributed by atoms with Gasteiger partial charge >= 0.3 is 0 Å². The minimum absolute atomic E-state index is 0.104. The average molecular weight is 462 g/mol. The molecular weight excluding hydrogens is 438 g/mol. The van der Waals surface area contributed by atoms with Crippen LogP contribution in [0, 0.1) is 5.92 Å². The summed E-state index contributed by atoms with van der Waals surface area (Å²) in [5.74, 6) is 0.271. The first kappa shape index (κ1) is 21.4. The summed E-state index contributed by atoms with van der Waals surface area (Å²) >= 11 is 0. The van der Waals surface area contributed by atoms with Crippen molar-refractivity contribution in [1.82, 2.24) is 9.29 Å². The van der Waals surface area contributed by atoms with Gasteiger partial charge in [-0.25, -0.2) is 13.4 Å². The summed E-state index contributed by atoms with van der Waals surface area (Å²) < 4.78 is 33.1. The van der Waals surface area contributed by atoms with E-state index >= 15 is 0 Å². The molecule has 0 spiro atoms. The lowest BCUT2D eigenvalue weighted by Crippen LogP contribution is -2.41. The molecule has 33 heavy (non-hydrogen) atoms. The van der Waals surface area contributed by atoms with E-state index in [1.165, 1.54) is 10.7 Å². The van der Waals surface area contributed by atoms with Gasteiger partial charge in [0.15, 0.2) is 12.2 Å². The second-order valence-corrected chi connectivity index (χ2v) is 10.1. The largest absolute Gasteiger partial charge is 0.444 e. The summed E-state index contributed by atoms with van der Waals surface area (Å²) in [5.41, 5.74) is 1.49. The molecule has 3 aromatic carbocycles. The number of anilines is 1. The number of amides is 1. The lowest BCUT2D eigenvalue weighted by Gasteiger charge is -2.30. The van der Waals surface area contributed by atoms with Crippen LogP contribution in [0.2, 0.25) is 0 Å². The lowest BCUT2D eigenvalue weighted by atomic mass is 9.97. The maximum Gasteiger partial charge on any atom is 0.243 e. The summed E-state index contributed by atoms with van der Waals surface area (Å²) in [4.78, 5) is 17.0. The van der Waals surface area contributed by atoms with Crippen molar-refractivity contribution in [2.75, 3.05) is 18.4 Å². The molecule has 0 unspecified atom stereocenters. The number of nitrogens with zero attached hydrogens (tertiary/aromatic N) is 2. The van der Waals surface area contributed by atoms with Crippen LogP contribution in [0.4, 0.5) is 5.69 Å². The maximum atomic E-state index is 13.2. The van der Waals surface area contributed by atoms with Gasteiger partial charge in [0.2, 0.25) is 15.9 Å². The number of hydrogen-bond donors (Lipinski definition) is 1. The van der Waals surface area contributed by atoms with Crippen molar-refractivity contribution >= 4 is 32.4 Å². The number of carbonyl (C=O) groups excluding carboxylic acids is 1. The Morgan fingerprint density at radius 3 is 2.52 bits per heavy atom. The number of fused-ring (bicyclic) bond motifs is 1. The Bertz CT molecular complexity index is 1390. The van der Waals surface area contributed by atoms with Crippen molar-refractivity contribution in [3.63, 3.8) is 0 Å². The molecule has 4 aromatic rings. The molecule has 8 heteroatoms. The summed E-state index contributed by atoms with van der Waals surface area (Å²) in [6.07, 6.45) is 3.92. The molecule has 5 rings (SSSR count). The third-order valence-corrected chi connectivity index (χ3v) is 7.93. The molecular formula is C25H23N3O4S. The standard InChI is InChI=1S/C25H23N3O4S/c29-25(27-22-7-3-6-21(14-22)24-16-26-17-32-24)19-10-12-28(13-11-19)33(30,31)23-9-8-18-4-1-2-5-20(18)15-23/h1-9,14-17,19H,10-13H2,(H,27,29). The van der Waals surface area contributed by atoms with Gasteiger partial charge in [0.05, 0.1) is 11.1 Å². The maximum absolute atomic E-state index is 13.2. The number of piperidine rings is 1. The smallest absolute Gasteiger partial charge is 0.243 e. The second-order valence-electron chi connectivity index (χ2n) is 8.12. The highest BCUT2D eigenvalue weighted by Gasteiger charge is 2.32. The first-order valence-corrected chi connectivity index (χ1v) is 12.2. The molecule has 0 aliphatic carbocycles. The number of aromatic nitrogens is 1. The molecule has 7 nitrogen and oxygen atoms in total. The monoisotopic (exact) mass is 461 g/mol. The fraction of sp³-hybridized carbons (Fsp3) is 0.200. The Labute approximate surface area is 192 Å². The van der Waals surface area contributed by atoms with Gasteiger partial charge in [-0.15, -0.1) is 0 Å². The molecule has 1 aromatic heterocycles. The van der Waals surface area contributed by atoms with Gasteiger partial charge in [-0.1, -0.05) is 42.5 Å². The van der Waals surface area contributed by atoms with E-state index in [0.717, 1.165) is 16.3 Å². The summed E-state index contributed by atoms with van der Waals surface area (Å²) in [6, 6.07) is 20.2. The summed E-state index contributed by atoms with van der Waals surface area (Å²) in [6.45, 7) is 0.622. The molecule has 0 radical (unpaired) electrons. The molecule has 1 saturated heterocycles. The van der Waals surface area contributed by atoms with Crippen molar-refractivity contribution in [3.05, 3.63) is 79.3 Å². The van der Waals surface area contributed by atoms with Crippen molar-refractivity contribution in [2.24, 2.45) is 5.92 Å². The van der Waals surface area contributed by atoms with Gasteiger partial charge in [-0.05, 0) is 47.9 Å². The number of carbonyl (C=O) groups is 1. The number of hydrogen-bond acceptors (Lipinski definition) is 5. The van der Waals surface area contributed by atoms with Gasteiger partial charge in [0.1, 0.15) is 0 Å². The molecule has 168 valence electrons. The lowest BCUT2D eigenvalue weighted by molar-refractivity contribution is -0.120. The zero-order valence-corrected chi connectivity index (χ0v) is 18.7. The van der Waals surface area contributed by atoms with Crippen molar-refractivity contribution in [2.45, 2.75) is 17.7 Å². The molecule has 1 aliphatic rings. The van der Waals surface area contributed by atoms with Crippen molar-refractivity contribution < 1.29 is 17.6 Å². The van der Waals surface area contributed by atoms with Gasteiger partial charge in [0, 0.05) is 30.3 Å². The van der Waals surface area contributed by atoms with E-state index in [4.69, 9.17) is 4.42 Å². The van der Waals surface area contributed by atoms with E-state index in [2.05, 4.69) is 10.3 Å². The van der Waals surface area contributed by atoms with E-state index in [1.54, 1.807) is 18.3 Å². The van der Waals surface area contributed by atoms with Crippen LogP contribution in [0.15, 0.2) is 88.6 Å². The van der Waals surface area contributed by atoms with E-state index < -0.39 is 10.0 Å². The Hall–Kier alpha value is -3.49. The zero-order chi connectivity index (χ0) is 22.8. The molecule has 1 fully saturated rings. The quantitative estimate of drug-likeness (QED) is 0.471. The van der Waals surface area contributed by atoms with Gasteiger partial charge in [-0.2, -0.15) is 4.31 Å². The molecule has 2 heterocycles. The van der Waals surface area contributed by atoms with E-state index in [-0.39, 0.29) is 16.7 Å². The normalized spacial score (nSPS) is 15.5. The molecule has 0 atom stereocenters. The highest BCUT2D eigenvalue weighted by atomic mass is 32.2. The Morgan fingerprint density at radius 2 is 1.76 bits per heavy atom. The highest BCUT2D eigenvalue weighted by molar-refractivity contribution is 7.89. The van der Waals surface area contributed by atoms with Crippen molar-refractivity contribution in [3.8, 4) is 11.3 Å². The summed E-state index contributed by atoms with van der Waals surface area (Å²) in [7, 11) is -3.61. The second kappa shape index (κ2) is 8.80. The predicted octanol–water partition coefficient (Wildman–Crippen LogP) is 4.53. The van der Waals surface area contributed by atoms with E-state index in [1.807, 2.05) is 54.6 Å². The van der Waals surface area contributed by atoms with Gasteiger partial charge in [0.25, 0.3) is 0 Å². The SMILES string of the molecule is O=C(Nc1cccc(-c2cnco2)c1)C1CCN(S(=O)(=O)c2ccc3ccccc3c2)CC1. The number of benzene rings is 3. The third-order valence-electron chi connectivity index (χ3n) is 6.03. The fourth-order valence-electron chi connectivity index (χ4n) is 4.19. The van der Waals surface area contributed by atoms with Crippen LogP contribution in [-0.4, -0.2) is 36.7 Å². The fourth-order valence-corrected chi connectivity index (χ4v) is 5.69. The van der Waals surface area contributed by atoms with Crippen LogP contribution in [0.25, 0.3) is 22.1 Å². The minimum atomic E-state index is -3.61. The van der Waals surface area contributed by atoms with Crippen LogP contribution >= 0.6 is 0 Å². The summed E-state index contributed by atoms with van der Waals surface area (Å²) in [5, 5.41) is 4.84. The Balaban J connectivity index is 1.24. The van der Waals surface area contributed by atoms with Crippen LogP contribution < -0.4 is 5.32 Å². The topological polar surface area (TPSA) is 92.5 Å². The predicted molar refractivity (Wildman–Crippen MR) is 126 cm³/mol. The molecule has 1 amide bonds. The number of sulfonamides is 1. The minimum Gasteiger partial charge on any atom is -0.444 e. The Morgan fingerprint density at radius 1 is 0.970 bits per heavy atom. The van der Waals surface area contributed by atoms with Crippen LogP contribution in [0.5, 0.6) is 0 Å². The third kappa shape index (κ3) is 4.40. The van der Waals surface area contributed by atoms with Crippen LogP contribution in [-0.2, 0) is 14.8 Å². The number of nitrogens with one attached hydrogen (secondary N) is 1. The molecule has 0 saturated carbocycles. The number of rotatable bonds is 5. The first-order chi connectivity index (χ1) is 16.0. The molecule has 1 N–H and O–H groups in total.